The third kappa shape index (κ3) is 4.26. The van der Waals surface area contributed by atoms with Gasteiger partial charge in [-0.25, -0.2) is 8.42 Å². The second-order valence-electron chi connectivity index (χ2n) is 8.37. The zero-order valence-electron chi connectivity index (χ0n) is 18.1. The number of benzene rings is 2. The highest BCUT2D eigenvalue weighted by molar-refractivity contribution is 7.93. The number of aryl methyl sites for hydroxylation is 2. The van der Waals surface area contributed by atoms with E-state index >= 15 is 0 Å². The first kappa shape index (κ1) is 21.1. The van der Waals surface area contributed by atoms with Gasteiger partial charge in [0.25, 0.3) is 0 Å². The SMILES string of the molecule is Cc1ccc(-c2noc(CN3CCN(S(=O)(=O)C4=Cc5ccccc5CC4)CC3)n2)cc1. The summed E-state index contributed by atoms with van der Waals surface area (Å²) >= 11 is 0. The van der Waals surface area contributed by atoms with Gasteiger partial charge in [0.2, 0.25) is 21.7 Å². The van der Waals surface area contributed by atoms with Crippen LogP contribution in [0.5, 0.6) is 0 Å². The number of piperazine rings is 1. The molecule has 5 rings (SSSR count). The standard InChI is InChI=1S/C24H26N4O3S/c1-18-6-8-20(9-7-18)24-25-23(31-26-24)17-27-12-14-28(15-13-27)32(29,30)22-11-10-19-4-2-3-5-21(19)16-22/h2-9,16H,10-15,17H2,1H3. The summed E-state index contributed by atoms with van der Waals surface area (Å²) in [5.74, 6) is 1.12. The van der Waals surface area contributed by atoms with Crippen LogP contribution in [-0.4, -0.2) is 53.9 Å². The maximum absolute atomic E-state index is 13.2. The van der Waals surface area contributed by atoms with E-state index in [2.05, 4.69) is 21.1 Å². The average molecular weight is 451 g/mol. The third-order valence-corrected chi connectivity index (χ3v) is 8.18. The Bertz CT molecular complexity index is 1240. The normalized spacial score (nSPS) is 17.7. The summed E-state index contributed by atoms with van der Waals surface area (Å²) in [6, 6.07) is 16.0. The van der Waals surface area contributed by atoms with Crippen LogP contribution in [0.15, 0.2) is 58.0 Å². The molecule has 1 saturated heterocycles. The average Bonchev–Trinajstić information content (AvgIpc) is 3.28. The fraction of sp³-hybridized carbons (Fsp3) is 0.333. The Balaban J connectivity index is 1.21. The number of hydrogen-bond donors (Lipinski definition) is 0. The predicted octanol–water partition coefficient (Wildman–Crippen LogP) is 3.48. The molecule has 0 amide bonds. The maximum atomic E-state index is 13.2. The van der Waals surface area contributed by atoms with E-state index in [4.69, 9.17) is 4.52 Å². The first-order chi connectivity index (χ1) is 15.5. The molecule has 0 radical (unpaired) electrons. The molecule has 0 bridgehead atoms. The molecule has 0 atom stereocenters. The Hall–Kier alpha value is -2.81. The molecule has 7 nitrogen and oxygen atoms in total. The summed E-state index contributed by atoms with van der Waals surface area (Å²) in [5.41, 5.74) is 4.32. The van der Waals surface area contributed by atoms with Gasteiger partial charge in [-0.05, 0) is 37.0 Å². The van der Waals surface area contributed by atoms with Crippen LogP contribution in [0.1, 0.15) is 29.0 Å². The number of rotatable bonds is 5. The molecule has 2 aliphatic rings. The van der Waals surface area contributed by atoms with Crippen LogP contribution < -0.4 is 0 Å². The van der Waals surface area contributed by atoms with Crippen molar-refractivity contribution in [2.45, 2.75) is 26.3 Å². The molecule has 1 aromatic heterocycles. The summed E-state index contributed by atoms with van der Waals surface area (Å²) in [6.07, 6.45) is 3.16. The molecule has 1 aliphatic carbocycles. The Morgan fingerprint density at radius 1 is 0.969 bits per heavy atom. The Labute approximate surface area is 188 Å². The molecule has 1 aliphatic heterocycles. The molecular formula is C24H26N4O3S. The predicted molar refractivity (Wildman–Crippen MR) is 123 cm³/mol. The Morgan fingerprint density at radius 3 is 2.50 bits per heavy atom. The molecule has 0 saturated carbocycles. The van der Waals surface area contributed by atoms with Crippen LogP contribution in [-0.2, 0) is 23.0 Å². The summed E-state index contributed by atoms with van der Waals surface area (Å²) < 4.78 is 33.4. The fourth-order valence-electron chi connectivity index (χ4n) is 4.23. The van der Waals surface area contributed by atoms with Crippen LogP contribution in [0.2, 0.25) is 0 Å². The van der Waals surface area contributed by atoms with Gasteiger partial charge in [-0.1, -0.05) is 59.3 Å². The van der Waals surface area contributed by atoms with E-state index < -0.39 is 10.0 Å². The van der Waals surface area contributed by atoms with Crippen molar-refractivity contribution in [3.8, 4) is 11.4 Å². The number of nitrogens with zero attached hydrogens (tertiary/aromatic N) is 4. The summed E-state index contributed by atoms with van der Waals surface area (Å²) in [6.45, 7) is 4.73. The van der Waals surface area contributed by atoms with E-state index in [1.807, 2.05) is 55.5 Å². The second kappa shape index (κ2) is 8.61. The topological polar surface area (TPSA) is 79.5 Å². The van der Waals surface area contributed by atoms with E-state index in [-0.39, 0.29) is 0 Å². The van der Waals surface area contributed by atoms with Gasteiger partial charge >= 0.3 is 0 Å². The van der Waals surface area contributed by atoms with E-state index in [1.165, 1.54) is 11.1 Å². The molecule has 0 N–H and O–H groups in total. The molecule has 32 heavy (non-hydrogen) atoms. The number of fused-ring (bicyclic) bond motifs is 1. The van der Waals surface area contributed by atoms with Gasteiger partial charge in [-0.15, -0.1) is 0 Å². The lowest BCUT2D eigenvalue weighted by atomic mass is 9.98. The smallest absolute Gasteiger partial charge is 0.241 e. The lowest BCUT2D eigenvalue weighted by Crippen LogP contribution is -2.48. The molecular weight excluding hydrogens is 424 g/mol. The third-order valence-electron chi connectivity index (χ3n) is 6.15. The zero-order valence-corrected chi connectivity index (χ0v) is 18.9. The van der Waals surface area contributed by atoms with Crippen molar-refractivity contribution in [2.24, 2.45) is 0 Å². The summed E-state index contributed by atoms with van der Waals surface area (Å²) in [4.78, 5) is 7.18. The highest BCUT2D eigenvalue weighted by Gasteiger charge is 2.31. The van der Waals surface area contributed by atoms with Crippen molar-refractivity contribution in [1.82, 2.24) is 19.3 Å². The van der Waals surface area contributed by atoms with Gasteiger partial charge in [-0.3, -0.25) is 4.90 Å². The molecule has 3 aromatic rings. The molecule has 2 aromatic carbocycles. The van der Waals surface area contributed by atoms with Crippen LogP contribution >= 0.6 is 0 Å². The molecule has 8 heteroatoms. The molecule has 1 fully saturated rings. The van der Waals surface area contributed by atoms with Crippen LogP contribution in [0.3, 0.4) is 0 Å². The number of aromatic nitrogens is 2. The van der Waals surface area contributed by atoms with Crippen LogP contribution in [0.25, 0.3) is 17.5 Å². The van der Waals surface area contributed by atoms with Crippen LogP contribution in [0, 0.1) is 6.92 Å². The van der Waals surface area contributed by atoms with Gasteiger partial charge in [-0.2, -0.15) is 9.29 Å². The van der Waals surface area contributed by atoms with Crippen molar-refractivity contribution in [3.63, 3.8) is 0 Å². The van der Waals surface area contributed by atoms with Gasteiger partial charge in [0, 0.05) is 31.7 Å². The highest BCUT2D eigenvalue weighted by Crippen LogP contribution is 2.29. The van der Waals surface area contributed by atoms with E-state index in [0.717, 1.165) is 17.5 Å². The van der Waals surface area contributed by atoms with Crippen molar-refractivity contribution < 1.29 is 12.9 Å². The summed E-state index contributed by atoms with van der Waals surface area (Å²) in [5, 5.41) is 4.09. The van der Waals surface area contributed by atoms with Crippen molar-refractivity contribution in [3.05, 3.63) is 76.0 Å². The lowest BCUT2D eigenvalue weighted by Gasteiger charge is -2.34. The molecule has 0 spiro atoms. The maximum Gasteiger partial charge on any atom is 0.241 e. The van der Waals surface area contributed by atoms with Gasteiger partial charge in [0.1, 0.15) is 0 Å². The zero-order chi connectivity index (χ0) is 22.1. The quantitative estimate of drug-likeness (QED) is 0.592. The molecule has 166 valence electrons. The highest BCUT2D eigenvalue weighted by atomic mass is 32.2. The first-order valence-electron chi connectivity index (χ1n) is 10.9. The lowest BCUT2D eigenvalue weighted by molar-refractivity contribution is 0.164. The Morgan fingerprint density at radius 2 is 1.72 bits per heavy atom. The van der Waals surface area contributed by atoms with E-state index in [1.54, 1.807) is 4.31 Å². The van der Waals surface area contributed by atoms with Gasteiger partial charge < -0.3 is 4.52 Å². The number of sulfonamides is 1. The van der Waals surface area contributed by atoms with E-state index in [0.29, 0.717) is 55.8 Å². The minimum absolute atomic E-state index is 0.459. The first-order valence-corrected chi connectivity index (χ1v) is 12.3. The van der Waals surface area contributed by atoms with Crippen molar-refractivity contribution >= 4 is 16.1 Å². The van der Waals surface area contributed by atoms with Crippen LogP contribution in [0.4, 0.5) is 0 Å². The van der Waals surface area contributed by atoms with E-state index in [9.17, 15) is 8.42 Å². The minimum atomic E-state index is -3.44. The number of hydrogen-bond acceptors (Lipinski definition) is 6. The van der Waals surface area contributed by atoms with Crippen molar-refractivity contribution in [1.29, 1.82) is 0 Å². The van der Waals surface area contributed by atoms with Crippen molar-refractivity contribution in [2.75, 3.05) is 26.2 Å². The van der Waals surface area contributed by atoms with Gasteiger partial charge in [0.15, 0.2) is 0 Å². The Kier molecular flexibility index (Phi) is 5.67. The molecule has 2 heterocycles. The minimum Gasteiger partial charge on any atom is -0.338 e. The largest absolute Gasteiger partial charge is 0.338 e. The number of allylic oxidation sites excluding steroid dienone is 1. The summed E-state index contributed by atoms with van der Waals surface area (Å²) in [7, 11) is -3.44. The monoisotopic (exact) mass is 450 g/mol. The second-order valence-corrected chi connectivity index (χ2v) is 10.4. The van der Waals surface area contributed by atoms with Gasteiger partial charge in [0.05, 0.1) is 11.4 Å². The fourth-order valence-corrected chi connectivity index (χ4v) is 5.85. The molecule has 0 unspecified atom stereocenters.